The molecule has 0 spiro atoms. The van der Waals surface area contributed by atoms with Crippen LogP contribution in [-0.4, -0.2) is 6.03 Å². The van der Waals surface area contributed by atoms with Crippen molar-refractivity contribution in [3.8, 4) is 0 Å². The molecule has 0 aromatic heterocycles. The summed E-state index contributed by atoms with van der Waals surface area (Å²) in [7, 11) is 0. The number of nitrogens with one attached hydrogen (secondary N) is 2. The van der Waals surface area contributed by atoms with Crippen LogP contribution in [-0.2, 0) is 0 Å². The highest BCUT2D eigenvalue weighted by molar-refractivity contribution is 6.33. The van der Waals surface area contributed by atoms with Gasteiger partial charge in [-0.3, -0.25) is 0 Å². The molecule has 0 aliphatic heterocycles. The summed E-state index contributed by atoms with van der Waals surface area (Å²) in [4.78, 5) is 12.1. The average molecular weight is 303 g/mol. The van der Waals surface area contributed by atoms with Gasteiger partial charge in [0.15, 0.2) is 0 Å². The fraction of sp³-hybridized carbons (Fsp3) is 0.235. The zero-order valence-corrected chi connectivity index (χ0v) is 12.9. The van der Waals surface area contributed by atoms with E-state index >= 15 is 0 Å². The minimum atomic E-state index is -0.293. The van der Waals surface area contributed by atoms with Crippen LogP contribution >= 0.6 is 11.6 Å². The molecule has 0 bridgehead atoms. The van der Waals surface area contributed by atoms with Crippen molar-refractivity contribution in [2.75, 3.05) is 10.6 Å². The minimum Gasteiger partial charge on any atom is -0.307 e. The smallest absolute Gasteiger partial charge is 0.307 e. The number of benzene rings is 2. The Kier molecular flexibility index (Phi) is 5.23. The van der Waals surface area contributed by atoms with Gasteiger partial charge in [0.05, 0.1) is 10.7 Å². The van der Waals surface area contributed by atoms with E-state index in [1.807, 2.05) is 36.4 Å². The summed E-state index contributed by atoms with van der Waals surface area (Å²) < 4.78 is 0. The molecule has 0 fully saturated rings. The van der Waals surface area contributed by atoms with Crippen LogP contribution in [0.4, 0.5) is 16.2 Å². The highest BCUT2D eigenvalue weighted by atomic mass is 35.5. The monoisotopic (exact) mass is 302 g/mol. The topological polar surface area (TPSA) is 41.1 Å². The Morgan fingerprint density at radius 3 is 2.29 bits per heavy atom. The number of halogens is 1. The van der Waals surface area contributed by atoms with E-state index in [9.17, 15) is 4.79 Å². The number of hydrogen-bond donors (Lipinski definition) is 2. The molecule has 2 aromatic rings. The van der Waals surface area contributed by atoms with Gasteiger partial charge in [-0.15, -0.1) is 0 Å². The number of para-hydroxylation sites is 2. The van der Waals surface area contributed by atoms with Crippen molar-refractivity contribution >= 4 is 29.0 Å². The lowest BCUT2D eigenvalue weighted by atomic mass is 9.97. The second-order valence-electron chi connectivity index (χ2n) is 4.96. The molecule has 0 radical (unpaired) electrons. The Bertz CT molecular complexity index is 628. The van der Waals surface area contributed by atoms with E-state index in [0.717, 1.165) is 17.7 Å². The van der Waals surface area contributed by atoms with E-state index in [1.54, 1.807) is 12.1 Å². The Morgan fingerprint density at radius 1 is 1.05 bits per heavy atom. The number of rotatable bonds is 4. The van der Waals surface area contributed by atoms with Gasteiger partial charge >= 0.3 is 6.03 Å². The Hall–Kier alpha value is -2.00. The fourth-order valence-electron chi connectivity index (χ4n) is 2.10. The van der Waals surface area contributed by atoms with Crippen LogP contribution in [0.25, 0.3) is 0 Å². The maximum Gasteiger partial charge on any atom is 0.323 e. The third kappa shape index (κ3) is 3.99. The maximum absolute atomic E-state index is 12.1. The van der Waals surface area contributed by atoms with Gasteiger partial charge in [-0.25, -0.2) is 4.79 Å². The van der Waals surface area contributed by atoms with Gasteiger partial charge in [0.25, 0.3) is 0 Å². The van der Waals surface area contributed by atoms with Crippen LogP contribution in [0, 0.1) is 0 Å². The summed E-state index contributed by atoms with van der Waals surface area (Å²) in [6.45, 7) is 4.28. The van der Waals surface area contributed by atoms with Crippen molar-refractivity contribution in [3.05, 3.63) is 59.1 Å². The number of amides is 2. The van der Waals surface area contributed by atoms with E-state index < -0.39 is 0 Å². The maximum atomic E-state index is 12.1. The lowest BCUT2D eigenvalue weighted by Crippen LogP contribution is -2.20. The van der Waals surface area contributed by atoms with E-state index in [1.165, 1.54) is 0 Å². The minimum absolute atomic E-state index is 0.293. The molecule has 4 heteroatoms. The SMILES string of the molecule is CCC(C)c1ccccc1NC(=O)Nc1ccccc1Cl. The predicted octanol–water partition coefficient (Wildman–Crippen LogP) is 5.50. The number of carbonyl (C=O) groups excluding carboxylic acids is 1. The van der Waals surface area contributed by atoms with E-state index in [-0.39, 0.29) is 6.03 Å². The molecule has 2 N–H and O–H groups in total. The molecule has 3 nitrogen and oxygen atoms in total. The van der Waals surface area contributed by atoms with Crippen molar-refractivity contribution in [3.63, 3.8) is 0 Å². The Balaban J connectivity index is 2.12. The predicted molar refractivity (Wildman–Crippen MR) is 89.2 cm³/mol. The van der Waals surface area contributed by atoms with Gasteiger partial charge in [0.1, 0.15) is 0 Å². The van der Waals surface area contributed by atoms with Gasteiger partial charge in [-0.1, -0.05) is 55.8 Å². The molecule has 0 heterocycles. The summed E-state index contributed by atoms with van der Waals surface area (Å²) in [5.74, 6) is 0.391. The summed E-state index contributed by atoms with van der Waals surface area (Å²) in [6, 6.07) is 14.7. The zero-order valence-electron chi connectivity index (χ0n) is 12.2. The molecule has 21 heavy (non-hydrogen) atoms. The summed E-state index contributed by atoms with van der Waals surface area (Å²) in [6.07, 6.45) is 1.02. The van der Waals surface area contributed by atoms with Crippen molar-refractivity contribution in [1.29, 1.82) is 0 Å². The normalized spacial score (nSPS) is 11.8. The lowest BCUT2D eigenvalue weighted by Gasteiger charge is -2.16. The van der Waals surface area contributed by atoms with Crippen molar-refractivity contribution in [2.45, 2.75) is 26.2 Å². The van der Waals surface area contributed by atoms with Crippen molar-refractivity contribution in [1.82, 2.24) is 0 Å². The van der Waals surface area contributed by atoms with Gasteiger partial charge in [-0.05, 0) is 36.1 Å². The highest BCUT2D eigenvalue weighted by Crippen LogP contribution is 2.27. The van der Waals surface area contributed by atoms with Crippen LogP contribution < -0.4 is 10.6 Å². The molecule has 0 aliphatic carbocycles. The number of urea groups is 1. The van der Waals surface area contributed by atoms with E-state index in [0.29, 0.717) is 16.6 Å². The summed E-state index contributed by atoms with van der Waals surface area (Å²) in [5, 5.41) is 6.17. The largest absolute Gasteiger partial charge is 0.323 e. The first kappa shape index (κ1) is 15.4. The van der Waals surface area contributed by atoms with Gasteiger partial charge in [-0.2, -0.15) is 0 Å². The van der Waals surface area contributed by atoms with Crippen molar-refractivity contribution < 1.29 is 4.79 Å². The molecule has 0 aliphatic rings. The first-order valence-electron chi connectivity index (χ1n) is 7.03. The zero-order chi connectivity index (χ0) is 15.2. The van der Waals surface area contributed by atoms with Crippen LogP contribution in [0.15, 0.2) is 48.5 Å². The third-order valence-corrected chi connectivity index (χ3v) is 3.80. The summed E-state index contributed by atoms with van der Waals surface area (Å²) in [5.41, 5.74) is 2.56. The molecule has 1 unspecified atom stereocenters. The quantitative estimate of drug-likeness (QED) is 0.769. The third-order valence-electron chi connectivity index (χ3n) is 3.47. The van der Waals surface area contributed by atoms with Crippen molar-refractivity contribution in [2.24, 2.45) is 0 Å². The van der Waals surface area contributed by atoms with Crippen LogP contribution in [0.5, 0.6) is 0 Å². The van der Waals surface area contributed by atoms with Gasteiger partial charge < -0.3 is 10.6 Å². The van der Waals surface area contributed by atoms with Crippen LogP contribution in [0.1, 0.15) is 31.7 Å². The fourth-order valence-corrected chi connectivity index (χ4v) is 2.28. The van der Waals surface area contributed by atoms with E-state index in [2.05, 4.69) is 24.5 Å². The second-order valence-corrected chi connectivity index (χ2v) is 5.36. The molecule has 0 saturated heterocycles. The number of carbonyl (C=O) groups is 1. The molecular formula is C17H19ClN2O. The molecule has 2 amide bonds. The second kappa shape index (κ2) is 7.14. The van der Waals surface area contributed by atoms with E-state index in [4.69, 9.17) is 11.6 Å². The first-order chi connectivity index (χ1) is 10.1. The number of hydrogen-bond acceptors (Lipinski definition) is 1. The summed E-state index contributed by atoms with van der Waals surface area (Å²) >= 11 is 6.03. The highest BCUT2D eigenvalue weighted by Gasteiger charge is 2.11. The Morgan fingerprint density at radius 2 is 1.62 bits per heavy atom. The molecule has 2 aromatic carbocycles. The van der Waals surface area contributed by atoms with Crippen LogP contribution in [0.3, 0.4) is 0 Å². The molecule has 0 saturated carbocycles. The molecular weight excluding hydrogens is 284 g/mol. The van der Waals surface area contributed by atoms with Gasteiger partial charge in [0, 0.05) is 5.69 Å². The lowest BCUT2D eigenvalue weighted by molar-refractivity contribution is 0.262. The molecule has 1 atom stereocenters. The number of anilines is 2. The average Bonchev–Trinajstić information content (AvgIpc) is 2.49. The molecule has 110 valence electrons. The van der Waals surface area contributed by atoms with Crippen LogP contribution in [0.2, 0.25) is 5.02 Å². The standard InChI is InChI=1S/C17H19ClN2O/c1-3-12(2)13-8-4-6-10-15(13)19-17(21)20-16-11-7-5-9-14(16)18/h4-12H,3H2,1-2H3,(H2,19,20,21). The Labute approximate surface area is 130 Å². The first-order valence-corrected chi connectivity index (χ1v) is 7.41. The van der Waals surface area contributed by atoms with Gasteiger partial charge in [0.2, 0.25) is 0 Å². The molecule has 2 rings (SSSR count).